The van der Waals surface area contributed by atoms with Crippen molar-refractivity contribution < 1.29 is 26.7 Å². The summed E-state index contributed by atoms with van der Waals surface area (Å²) in [6.07, 6.45) is 0.0535. The number of ether oxygens (including phenoxy) is 1. The van der Waals surface area contributed by atoms with E-state index in [1.54, 1.807) is 0 Å². The lowest BCUT2D eigenvalue weighted by Gasteiger charge is -2.18. The Morgan fingerprint density at radius 3 is 2.54 bits per heavy atom. The van der Waals surface area contributed by atoms with Crippen molar-refractivity contribution in [2.45, 2.75) is 11.3 Å². The van der Waals surface area contributed by atoms with Crippen molar-refractivity contribution in [3.8, 4) is 5.75 Å². The molecule has 26 heavy (non-hydrogen) atoms. The van der Waals surface area contributed by atoms with Gasteiger partial charge in [0.15, 0.2) is 16.4 Å². The number of hydrogen-bond acceptors (Lipinski definition) is 5. The highest BCUT2D eigenvalue weighted by Gasteiger charge is 2.28. The van der Waals surface area contributed by atoms with Crippen LogP contribution in [0.2, 0.25) is 0 Å². The second kappa shape index (κ2) is 7.20. The van der Waals surface area contributed by atoms with Gasteiger partial charge in [-0.05, 0) is 42.5 Å². The summed E-state index contributed by atoms with van der Waals surface area (Å²) in [6.45, 7) is -0.364. The fourth-order valence-electron chi connectivity index (χ4n) is 2.43. The molecule has 0 spiro atoms. The zero-order chi connectivity index (χ0) is 18.7. The standard InChI is InChI=1S/C17H14F2N2O4S/c18-11-1-4-13(5-2-11)25-10-17(22)21-20-15-7-8-26(23,24)16-6-3-12(19)9-14(15)16/h1-6,9H,7-8,10H2,(H,21,22)/b20-15+. The van der Waals surface area contributed by atoms with Crippen molar-refractivity contribution in [3.63, 3.8) is 0 Å². The average Bonchev–Trinajstić information content (AvgIpc) is 2.60. The molecule has 0 aliphatic carbocycles. The monoisotopic (exact) mass is 380 g/mol. The van der Waals surface area contributed by atoms with Crippen LogP contribution >= 0.6 is 0 Å². The van der Waals surface area contributed by atoms with Gasteiger partial charge in [0.05, 0.1) is 16.4 Å². The first kappa shape index (κ1) is 18.0. The van der Waals surface area contributed by atoms with Gasteiger partial charge >= 0.3 is 0 Å². The maximum absolute atomic E-state index is 13.5. The third-order valence-electron chi connectivity index (χ3n) is 3.69. The van der Waals surface area contributed by atoms with Crippen molar-refractivity contribution in [3.05, 3.63) is 59.7 Å². The van der Waals surface area contributed by atoms with E-state index in [4.69, 9.17) is 4.74 Å². The Bertz CT molecular complexity index is 973. The van der Waals surface area contributed by atoms with E-state index in [1.807, 2.05) is 0 Å². The number of hydrogen-bond donors (Lipinski definition) is 1. The number of benzene rings is 2. The molecule has 0 radical (unpaired) electrons. The lowest BCUT2D eigenvalue weighted by molar-refractivity contribution is -0.123. The Labute approximate surface area is 148 Å². The highest BCUT2D eigenvalue weighted by atomic mass is 32.2. The second-order valence-corrected chi connectivity index (χ2v) is 7.62. The Kier molecular flexibility index (Phi) is 4.99. The number of nitrogens with zero attached hydrogens (tertiary/aromatic N) is 1. The van der Waals surface area contributed by atoms with Crippen LogP contribution in [0.1, 0.15) is 12.0 Å². The van der Waals surface area contributed by atoms with Crippen LogP contribution in [-0.2, 0) is 14.6 Å². The lowest BCUT2D eigenvalue weighted by Crippen LogP contribution is -2.28. The van der Waals surface area contributed by atoms with Gasteiger partial charge < -0.3 is 4.74 Å². The summed E-state index contributed by atoms with van der Waals surface area (Å²) in [5, 5.41) is 3.90. The molecule has 1 heterocycles. The molecule has 2 aromatic rings. The van der Waals surface area contributed by atoms with E-state index >= 15 is 0 Å². The van der Waals surface area contributed by atoms with Gasteiger partial charge in [0.1, 0.15) is 17.4 Å². The minimum Gasteiger partial charge on any atom is -0.484 e. The van der Waals surface area contributed by atoms with Crippen LogP contribution in [-0.4, -0.2) is 32.4 Å². The van der Waals surface area contributed by atoms with Gasteiger partial charge in [-0.15, -0.1) is 0 Å². The summed E-state index contributed by atoms with van der Waals surface area (Å²) in [4.78, 5) is 11.8. The number of carbonyl (C=O) groups is 1. The van der Waals surface area contributed by atoms with Gasteiger partial charge in [0.2, 0.25) is 0 Å². The third kappa shape index (κ3) is 4.05. The molecule has 9 heteroatoms. The van der Waals surface area contributed by atoms with Crippen molar-refractivity contribution in [2.75, 3.05) is 12.4 Å². The summed E-state index contributed by atoms with van der Waals surface area (Å²) in [5.41, 5.74) is 2.66. The summed E-state index contributed by atoms with van der Waals surface area (Å²) < 4.78 is 55.5. The number of halogens is 2. The number of nitrogens with one attached hydrogen (secondary N) is 1. The summed E-state index contributed by atoms with van der Waals surface area (Å²) in [6, 6.07) is 8.47. The highest BCUT2D eigenvalue weighted by Crippen LogP contribution is 2.26. The molecule has 2 aromatic carbocycles. The number of hydrazone groups is 1. The van der Waals surface area contributed by atoms with Crippen LogP contribution in [0.25, 0.3) is 0 Å². The van der Waals surface area contributed by atoms with Crippen LogP contribution in [0.3, 0.4) is 0 Å². The minimum atomic E-state index is -3.50. The predicted octanol–water partition coefficient (Wildman–Crippen LogP) is 2.04. The van der Waals surface area contributed by atoms with Crippen LogP contribution in [0.5, 0.6) is 5.75 Å². The maximum atomic E-state index is 13.5. The van der Waals surface area contributed by atoms with Crippen molar-refractivity contribution in [1.82, 2.24) is 5.43 Å². The second-order valence-electron chi connectivity index (χ2n) is 5.55. The molecule has 0 atom stereocenters. The SMILES string of the molecule is O=C(COc1ccc(F)cc1)N/N=C1\CCS(=O)(=O)c2ccc(F)cc21. The van der Waals surface area contributed by atoms with Gasteiger partial charge in [-0.1, -0.05) is 0 Å². The first-order valence-corrected chi connectivity index (χ1v) is 9.27. The predicted molar refractivity (Wildman–Crippen MR) is 89.6 cm³/mol. The lowest BCUT2D eigenvalue weighted by atomic mass is 10.1. The summed E-state index contributed by atoms with van der Waals surface area (Å²) in [5.74, 6) is -1.48. The smallest absolute Gasteiger partial charge is 0.277 e. The van der Waals surface area contributed by atoms with E-state index in [0.29, 0.717) is 5.75 Å². The Balaban J connectivity index is 1.69. The van der Waals surface area contributed by atoms with E-state index in [-0.39, 0.29) is 35.0 Å². The molecular weight excluding hydrogens is 366 g/mol. The molecule has 0 bridgehead atoms. The first-order valence-electron chi connectivity index (χ1n) is 7.61. The average molecular weight is 380 g/mol. The van der Waals surface area contributed by atoms with Gasteiger partial charge in [0, 0.05) is 12.0 Å². The van der Waals surface area contributed by atoms with Gasteiger partial charge in [-0.3, -0.25) is 4.79 Å². The maximum Gasteiger partial charge on any atom is 0.277 e. The molecule has 1 N–H and O–H groups in total. The molecule has 0 saturated heterocycles. The molecule has 1 amide bonds. The highest BCUT2D eigenvalue weighted by molar-refractivity contribution is 7.91. The van der Waals surface area contributed by atoms with Crippen molar-refractivity contribution in [1.29, 1.82) is 0 Å². The molecule has 1 aliphatic rings. The van der Waals surface area contributed by atoms with E-state index < -0.39 is 27.4 Å². The Morgan fingerprint density at radius 1 is 1.12 bits per heavy atom. The zero-order valence-electron chi connectivity index (χ0n) is 13.4. The largest absolute Gasteiger partial charge is 0.484 e. The Morgan fingerprint density at radius 2 is 1.81 bits per heavy atom. The molecule has 0 aromatic heterocycles. The van der Waals surface area contributed by atoms with Gasteiger partial charge in [0.25, 0.3) is 5.91 Å². The van der Waals surface area contributed by atoms with Gasteiger partial charge in [-0.2, -0.15) is 5.10 Å². The number of amides is 1. The van der Waals surface area contributed by atoms with Crippen LogP contribution in [0.4, 0.5) is 8.78 Å². The molecule has 0 unspecified atom stereocenters. The van der Waals surface area contributed by atoms with E-state index in [0.717, 1.165) is 12.1 Å². The number of fused-ring (bicyclic) bond motifs is 1. The minimum absolute atomic E-state index is 0.0132. The van der Waals surface area contributed by atoms with Gasteiger partial charge in [-0.25, -0.2) is 22.6 Å². The third-order valence-corrected chi connectivity index (χ3v) is 5.46. The van der Waals surface area contributed by atoms with E-state index in [2.05, 4.69) is 10.5 Å². The van der Waals surface area contributed by atoms with Crippen molar-refractivity contribution >= 4 is 21.5 Å². The fourth-order valence-corrected chi connectivity index (χ4v) is 3.90. The quantitative estimate of drug-likeness (QED) is 0.650. The Hall–Kier alpha value is -2.81. The van der Waals surface area contributed by atoms with Crippen LogP contribution in [0.15, 0.2) is 52.5 Å². The molecule has 0 fully saturated rings. The fraction of sp³-hybridized carbons (Fsp3) is 0.176. The topological polar surface area (TPSA) is 84.8 Å². The number of carbonyl (C=O) groups excluding carboxylic acids is 1. The first-order chi connectivity index (χ1) is 12.3. The zero-order valence-corrected chi connectivity index (χ0v) is 14.2. The van der Waals surface area contributed by atoms with E-state index in [9.17, 15) is 22.0 Å². The molecule has 0 saturated carbocycles. The number of sulfone groups is 1. The summed E-state index contributed by atoms with van der Waals surface area (Å²) in [7, 11) is -3.50. The molecule has 136 valence electrons. The normalized spacial score (nSPS) is 16.8. The van der Waals surface area contributed by atoms with Crippen LogP contribution < -0.4 is 10.2 Å². The molecular formula is C17H14F2N2O4S. The van der Waals surface area contributed by atoms with Crippen LogP contribution in [0, 0.1) is 11.6 Å². The van der Waals surface area contributed by atoms with E-state index in [1.165, 1.54) is 30.3 Å². The summed E-state index contributed by atoms with van der Waals surface area (Å²) >= 11 is 0. The molecule has 1 aliphatic heterocycles. The number of rotatable bonds is 4. The van der Waals surface area contributed by atoms with Crippen molar-refractivity contribution in [2.24, 2.45) is 5.10 Å². The molecule has 3 rings (SSSR count). The molecule has 6 nitrogen and oxygen atoms in total.